The number of aromatic nitrogens is 2. The van der Waals surface area contributed by atoms with Gasteiger partial charge in [-0.15, -0.1) is 0 Å². The summed E-state index contributed by atoms with van der Waals surface area (Å²) in [7, 11) is 1.64. The summed E-state index contributed by atoms with van der Waals surface area (Å²) in [4.78, 5) is 4.33. The van der Waals surface area contributed by atoms with Crippen molar-refractivity contribution in [1.29, 1.82) is 0 Å². The van der Waals surface area contributed by atoms with E-state index in [2.05, 4.69) is 26.1 Å². The van der Waals surface area contributed by atoms with Crippen LogP contribution in [0.25, 0.3) is 11.4 Å². The van der Waals surface area contributed by atoms with E-state index in [1.165, 1.54) is 0 Å². The van der Waals surface area contributed by atoms with Crippen molar-refractivity contribution in [1.82, 2.24) is 10.1 Å². The molecule has 1 heterocycles. The van der Waals surface area contributed by atoms with E-state index in [9.17, 15) is 0 Å². The van der Waals surface area contributed by atoms with Crippen molar-refractivity contribution < 1.29 is 9.26 Å². The van der Waals surface area contributed by atoms with E-state index >= 15 is 0 Å². The predicted octanol–water partition coefficient (Wildman–Crippen LogP) is 3.60. The molecule has 2 rings (SSSR count). The number of rotatable bonds is 4. The van der Waals surface area contributed by atoms with E-state index in [0.717, 1.165) is 16.5 Å². The molecule has 0 saturated heterocycles. The smallest absolute Gasteiger partial charge is 0.256 e. The van der Waals surface area contributed by atoms with Gasteiger partial charge in [0.25, 0.3) is 5.89 Å². The minimum atomic E-state index is -0.133. The summed E-state index contributed by atoms with van der Waals surface area (Å²) in [6.07, 6.45) is 0.671. The first-order chi connectivity index (χ1) is 8.24. The van der Waals surface area contributed by atoms with E-state index in [1.807, 2.05) is 31.2 Å². The molecule has 0 aliphatic heterocycles. The van der Waals surface area contributed by atoms with Gasteiger partial charge in [0.2, 0.25) is 5.82 Å². The Kier molecular flexibility index (Phi) is 3.91. The Hall–Kier alpha value is -1.20. The molecule has 17 heavy (non-hydrogen) atoms. The third-order valence-corrected chi connectivity index (χ3v) is 3.00. The van der Waals surface area contributed by atoms with Crippen LogP contribution in [0.2, 0.25) is 0 Å². The zero-order chi connectivity index (χ0) is 12.3. The Labute approximate surface area is 108 Å². The molecule has 1 atom stereocenters. The van der Waals surface area contributed by atoms with Gasteiger partial charge in [0.05, 0.1) is 0 Å². The lowest BCUT2D eigenvalue weighted by Crippen LogP contribution is -1.99. The van der Waals surface area contributed by atoms with E-state index in [4.69, 9.17) is 9.26 Å². The van der Waals surface area contributed by atoms with Crippen LogP contribution in [-0.4, -0.2) is 17.3 Å². The molecule has 1 aromatic carbocycles. The molecule has 0 aliphatic carbocycles. The van der Waals surface area contributed by atoms with Gasteiger partial charge in [0.1, 0.15) is 6.10 Å². The number of hydrogen-bond acceptors (Lipinski definition) is 4. The highest BCUT2D eigenvalue weighted by atomic mass is 79.9. The van der Waals surface area contributed by atoms with Crippen LogP contribution in [0, 0.1) is 0 Å². The van der Waals surface area contributed by atoms with Crippen molar-refractivity contribution in [3.05, 3.63) is 34.6 Å². The van der Waals surface area contributed by atoms with Crippen LogP contribution < -0.4 is 0 Å². The summed E-state index contributed by atoms with van der Waals surface area (Å²) >= 11 is 3.38. The Morgan fingerprint density at radius 3 is 2.65 bits per heavy atom. The zero-order valence-corrected chi connectivity index (χ0v) is 11.3. The molecule has 0 bridgehead atoms. The fourth-order valence-electron chi connectivity index (χ4n) is 1.52. The summed E-state index contributed by atoms with van der Waals surface area (Å²) in [6.45, 7) is 2.01. The third kappa shape index (κ3) is 2.73. The summed E-state index contributed by atoms with van der Waals surface area (Å²) in [5.41, 5.74) is 0.925. The molecule has 90 valence electrons. The van der Waals surface area contributed by atoms with Gasteiger partial charge >= 0.3 is 0 Å². The zero-order valence-electron chi connectivity index (χ0n) is 9.68. The van der Waals surface area contributed by atoms with Crippen molar-refractivity contribution >= 4 is 15.9 Å². The van der Waals surface area contributed by atoms with E-state index in [-0.39, 0.29) is 6.10 Å². The van der Waals surface area contributed by atoms with Crippen molar-refractivity contribution in [3.8, 4) is 11.4 Å². The first-order valence-electron chi connectivity index (χ1n) is 5.37. The number of ether oxygens (including phenoxy) is 1. The van der Waals surface area contributed by atoms with Crippen LogP contribution in [0.1, 0.15) is 25.3 Å². The predicted molar refractivity (Wildman–Crippen MR) is 67.5 cm³/mol. The van der Waals surface area contributed by atoms with Crippen molar-refractivity contribution in [3.63, 3.8) is 0 Å². The van der Waals surface area contributed by atoms with Gasteiger partial charge in [-0.25, -0.2) is 0 Å². The van der Waals surface area contributed by atoms with Crippen LogP contribution in [-0.2, 0) is 4.74 Å². The maximum absolute atomic E-state index is 5.25. The highest BCUT2D eigenvalue weighted by Gasteiger charge is 2.16. The van der Waals surface area contributed by atoms with Crippen molar-refractivity contribution in [2.45, 2.75) is 19.4 Å². The van der Waals surface area contributed by atoms with Crippen molar-refractivity contribution in [2.75, 3.05) is 7.11 Å². The molecule has 0 radical (unpaired) electrons. The molecule has 4 nitrogen and oxygen atoms in total. The third-order valence-electron chi connectivity index (χ3n) is 2.47. The number of nitrogens with zero attached hydrogens (tertiary/aromatic N) is 2. The molecule has 0 spiro atoms. The standard InChI is InChI=1S/C12H13BrN2O2/c1-3-10(16-2)12-14-11(15-17-12)8-4-6-9(13)7-5-8/h4-7,10H,3H2,1-2H3. The van der Waals surface area contributed by atoms with Gasteiger partial charge in [0, 0.05) is 17.1 Å². The largest absolute Gasteiger partial charge is 0.372 e. The Bertz CT molecular complexity index is 478. The summed E-state index contributed by atoms with van der Waals surface area (Å²) in [5.74, 6) is 1.11. The van der Waals surface area contributed by atoms with Crippen LogP contribution >= 0.6 is 15.9 Å². The fourth-order valence-corrected chi connectivity index (χ4v) is 1.79. The van der Waals surface area contributed by atoms with E-state index in [0.29, 0.717) is 11.7 Å². The normalized spacial score (nSPS) is 12.6. The summed E-state index contributed by atoms with van der Waals surface area (Å²) < 4.78 is 11.5. The molecular formula is C12H13BrN2O2. The molecule has 1 aromatic heterocycles. The first-order valence-corrected chi connectivity index (χ1v) is 6.16. The van der Waals surface area contributed by atoms with Gasteiger partial charge in [-0.1, -0.05) is 28.0 Å². The lowest BCUT2D eigenvalue weighted by atomic mass is 10.2. The maximum Gasteiger partial charge on any atom is 0.256 e. The average Bonchev–Trinajstić information content (AvgIpc) is 2.81. The van der Waals surface area contributed by atoms with Crippen LogP contribution in [0.5, 0.6) is 0 Å². The molecule has 0 aliphatic rings. The van der Waals surface area contributed by atoms with Gasteiger partial charge in [-0.2, -0.15) is 4.98 Å². The number of methoxy groups -OCH3 is 1. The van der Waals surface area contributed by atoms with Gasteiger partial charge in [-0.05, 0) is 30.7 Å². The molecule has 5 heteroatoms. The molecule has 2 aromatic rings. The van der Waals surface area contributed by atoms with Crippen LogP contribution in [0.3, 0.4) is 0 Å². The highest BCUT2D eigenvalue weighted by Crippen LogP contribution is 2.23. The molecule has 0 saturated carbocycles. The topological polar surface area (TPSA) is 48.2 Å². The molecule has 0 N–H and O–H groups in total. The minimum Gasteiger partial charge on any atom is -0.372 e. The van der Waals surface area contributed by atoms with E-state index < -0.39 is 0 Å². The first kappa shape index (κ1) is 12.3. The summed E-state index contributed by atoms with van der Waals surface area (Å²) in [5, 5.41) is 3.95. The van der Waals surface area contributed by atoms with Gasteiger partial charge in [-0.3, -0.25) is 0 Å². The molecule has 0 amide bonds. The fraction of sp³-hybridized carbons (Fsp3) is 0.333. The lowest BCUT2D eigenvalue weighted by molar-refractivity contribution is 0.0706. The van der Waals surface area contributed by atoms with Gasteiger partial charge in [0.15, 0.2) is 0 Å². The van der Waals surface area contributed by atoms with Crippen molar-refractivity contribution in [2.24, 2.45) is 0 Å². The minimum absolute atomic E-state index is 0.133. The van der Waals surface area contributed by atoms with Crippen LogP contribution in [0.15, 0.2) is 33.3 Å². The number of halogens is 1. The quantitative estimate of drug-likeness (QED) is 0.865. The average molecular weight is 297 g/mol. The second-order valence-corrected chi connectivity index (χ2v) is 4.51. The second kappa shape index (κ2) is 5.42. The van der Waals surface area contributed by atoms with E-state index in [1.54, 1.807) is 7.11 Å². The maximum atomic E-state index is 5.25. The second-order valence-electron chi connectivity index (χ2n) is 3.60. The Morgan fingerprint density at radius 2 is 2.06 bits per heavy atom. The Morgan fingerprint density at radius 1 is 1.35 bits per heavy atom. The van der Waals surface area contributed by atoms with Crippen LogP contribution in [0.4, 0.5) is 0 Å². The number of hydrogen-bond donors (Lipinski definition) is 0. The number of benzene rings is 1. The molecule has 1 unspecified atom stereocenters. The molecule has 0 fully saturated rings. The van der Waals surface area contributed by atoms with Gasteiger partial charge < -0.3 is 9.26 Å². The lowest BCUT2D eigenvalue weighted by Gasteiger charge is -2.05. The summed E-state index contributed by atoms with van der Waals surface area (Å²) in [6, 6.07) is 7.76. The monoisotopic (exact) mass is 296 g/mol. The highest BCUT2D eigenvalue weighted by molar-refractivity contribution is 9.10. The SMILES string of the molecule is CCC(OC)c1nc(-c2ccc(Br)cc2)no1. The molecular weight excluding hydrogens is 284 g/mol. The Balaban J connectivity index is 2.26.